The summed E-state index contributed by atoms with van der Waals surface area (Å²) in [7, 11) is 0. The fraction of sp³-hybridized carbons (Fsp3) is 0.371. The first-order valence-corrected chi connectivity index (χ1v) is 15.2. The van der Waals surface area contributed by atoms with Crippen molar-refractivity contribution in [3.05, 3.63) is 93.1 Å². The summed E-state index contributed by atoms with van der Waals surface area (Å²) in [4.78, 5) is 75.4. The molecule has 230 valence electrons. The van der Waals surface area contributed by atoms with E-state index in [-0.39, 0.29) is 60.6 Å². The zero-order valence-electron chi connectivity index (χ0n) is 25.3. The van der Waals surface area contributed by atoms with Crippen LogP contribution in [0.5, 0.6) is 0 Å². The van der Waals surface area contributed by atoms with Gasteiger partial charge >= 0.3 is 0 Å². The summed E-state index contributed by atoms with van der Waals surface area (Å²) in [5, 5.41) is 9.06. The molecule has 0 bridgehead atoms. The molecule has 0 aliphatic heterocycles. The third kappa shape index (κ3) is 7.71. The highest BCUT2D eigenvalue weighted by Gasteiger charge is 2.30. The fourth-order valence-corrected chi connectivity index (χ4v) is 5.53. The van der Waals surface area contributed by atoms with Crippen molar-refractivity contribution in [2.45, 2.75) is 58.8 Å². The van der Waals surface area contributed by atoms with Crippen LogP contribution in [0.2, 0.25) is 0 Å². The van der Waals surface area contributed by atoms with Gasteiger partial charge in [0.1, 0.15) is 0 Å². The molecule has 4 rings (SSSR count). The highest BCUT2D eigenvalue weighted by molar-refractivity contribution is 6.27. The van der Waals surface area contributed by atoms with Crippen LogP contribution in [0.25, 0.3) is 0 Å². The van der Waals surface area contributed by atoms with Gasteiger partial charge < -0.3 is 16.0 Å². The van der Waals surface area contributed by atoms with Gasteiger partial charge in [-0.25, -0.2) is 0 Å². The maximum atomic E-state index is 12.8. The van der Waals surface area contributed by atoms with Crippen molar-refractivity contribution in [3.63, 3.8) is 0 Å². The number of Topliss-reactive ketones (excluding diaryl/α,β-unsaturated/α-hetero) is 4. The number of carbonyl (C=O) groups excluding carboxylic acids is 6. The number of hydrogen-bond donors (Lipinski definition) is 3. The van der Waals surface area contributed by atoms with Crippen molar-refractivity contribution in [2.24, 2.45) is 0 Å². The third-order valence-electron chi connectivity index (χ3n) is 8.13. The molecule has 0 saturated heterocycles. The highest BCUT2D eigenvalue weighted by atomic mass is 16.2. The van der Waals surface area contributed by atoms with Crippen LogP contribution >= 0.6 is 0 Å². The molecule has 44 heavy (non-hydrogen) atoms. The minimum atomic E-state index is -0.179. The summed E-state index contributed by atoms with van der Waals surface area (Å²) < 4.78 is 0. The van der Waals surface area contributed by atoms with Crippen LogP contribution in [0.15, 0.2) is 70.8 Å². The molecule has 0 unspecified atom stereocenters. The first-order valence-electron chi connectivity index (χ1n) is 15.2. The van der Waals surface area contributed by atoms with Crippen LogP contribution < -0.4 is 16.0 Å². The van der Waals surface area contributed by atoms with Crippen molar-refractivity contribution in [1.29, 1.82) is 0 Å². The first-order chi connectivity index (χ1) is 21.2. The number of rotatable bonds is 15. The third-order valence-corrected chi connectivity index (χ3v) is 8.13. The lowest BCUT2D eigenvalue weighted by Crippen LogP contribution is -2.29. The normalized spacial score (nSPS) is 14.5. The van der Waals surface area contributed by atoms with E-state index >= 15 is 0 Å². The lowest BCUT2D eigenvalue weighted by molar-refractivity contribution is -0.121. The van der Waals surface area contributed by atoms with E-state index in [0.29, 0.717) is 57.6 Å². The Labute approximate surface area is 257 Å². The number of hydrogen-bond acceptors (Lipinski definition) is 7. The van der Waals surface area contributed by atoms with Gasteiger partial charge in [-0.05, 0) is 59.0 Å². The predicted octanol–water partition coefficient (Wildman–Crippen LogP) is 4.33. The fourth-order valence-electron chi connectivity index (χ4n) is 5.53. The second-order valence-corrected chi connectivity index (χ2v) is 11.1. The Morgan fingerprint density at radius 3 is 1.34 bits per heavy atom. The number of ketones is 4. The SMILES string of the molecule is CC1=C(CCC(=O)NCCCCNCCCNC(=O)CCC2=C(C)C(=O)c3ccccc3C2=O)C(=O)c2ccccc2C1=O. The largest absolute Gasteiger partial charge is 0.356 e. The monoisotopic (exact) mass is 597 g/mol. The number of amides is 2. The van der Waals surface area contributed by atoms with Crippen molar-refractivity contribution >= 4 is 34.9 Å². The molecule has 0 saturated carbocycles. The molecular weight excluding hydrogens is 558 g/mol. The summed E-state index contributed by atoms with van der Waals surface area (Å²) in [6.07, 6.45) is 3.17. The molecule has 9 nitrogen and oxygen atoms in total. The van der Waals surface area contributed by atoms with E-state index < -0.39 is 0 Å². The van der Waals surface area contributed by atoms with Crippen molar-refractivity contribution in [1.82, 2.24) is 16.0 Å². The van der Waals surface area contributed by atoms with Crippen LogP contribution in [0.3, 0.4) is 0 Å². The first kappa shape index (κ1) is 32.4. The van der Waals surface area contributed by atoms with Gasteiger partial charge in [-0.3, -0.25) is 28.8 Å². The molecule has 3 N–H and O–H groups in total. The molecule has 2 aliphatic rings. The topological polar surface area (TPSA) is 139 Å². The van der Waals surface area contributed by atoms with Crippen LogP contribution in [0.1, 0.15) is 100 Å². The Morgan fingerprint density at radius 2 is 0.886 bits per heavy atom. The van der Waals surface area contributed by atoms with Gasteiger partial charge in [0, 0.05) is 70.5 Å². The standard InChI is InChI=1S/C35H39N3O6/c1-22-24(34(43)28-12-5-3-10-26(28)32(22)41)14-16-30(39)37-20-8-7-18-36-19-9-21-38-31(40)17-15-25-23(2)33(42)27-11-4-6-13-29(27)35(25)44/h3-6,10-13,36H,7-9,14-21H2,1-2H3,(H,37,39)(H,38,40). The number of carbonyl (C=O) groups is 6. The molecule has 0 heterocycles. The van der Waals surface area contributed by atoms with Crippen molar-refractivity contribution in [2.75, 3.05) is 26.2 Å². The molecule has 0 aromatic heterocycles. The number of allylic oxidation sites excluding steroid dienone is 4. The van der Waals surface area contributed by atoms with Gasteiger partial charge in [0.05, 0.1) is 0 Å². The minimum Gasteiger partial charge on any atom is -0.356 e. The number of unbranched alkanes of at least 4 members (excludes halogenated alkanes) is 1. The summed E-state index contributed by atoms with van der Waals surface area (Å²) >= 11 is 0. The van der Waals surface area contributed by atoms with E-state index in [0.717, 1.165) is 32.4 Å². The van der Waals surface area contributed by atoms with Gasteiger partial charge in [-0.2, -0.15) is 0 Å². The Hall–Kier alpha value is -4.50. The van der Waals surface area contributed by atoms with E-state index in [1.807, 2.05) is 0 Å². The average molecular weight is 598 g/mol. The maximum absolute atomic E-state index is 12.8. The van der Waals surface area contributed by atoms with Gasteiger partial charge in [-0.1, -0.05) is 48.5 Å². The van der Waals surface area contributed by atoms with Gasteiger partial charge in [0.15, 0.2) is 23.1 Å². The molecule has 9 heteroatoms. The maximum Gasteiger partial charge on any atom is 0.220 e. The van der Waals surface area contributed by atoms with E-state index in [4.69, 9.17) is 0 Å². The Morgan fingerprint density at radius 1 is 0.523 bits per heavy atom. The summed E-state index contributed by atoms with van der Waals surface area (Å²) in [6.45, 7) is 5.83. The van der Waals surface area contributed by atoms with Crippen LogP contribution in [0, 0.1) is 0 Å². The van der Waals surface area contributed by atoms with Gasteiger partial charge in [-0.15, -0.1) is 0 Å². The number of nitrogens with one attached hydrogen (secondary N) is 3. The van der Waals surface area contributed by atoms with Gasteiger partial charge in [0.2, 0.25) is 11.8 Å². The molecule has 0 spiro atoms. The molecular formula is C35H39N3O6. The number of benzene rings is 2. The number of fused-ring (bicyclic) bond motifs is 2. The van der Waals surface area contributed by atoms with E-state index in [1.54, 1.807) is 62.4 Å². The average Bonchev–Trinajstić information content (AvgIpc) is 3.03. The Balaban J connectivity index is 1.02. The van der Waals surface area contributed by atoms with E-state index in [1.165, 1.54) is 0 Å². The smallest absolute Gasteiger partial charge is 0.220 e. The molecule has 2 aliphatic carbocycles. The van der Waals surface area contributed by atoms with Crippen LogP contribution in [-0.2, 0) is 9.59 Å². The summed E-state index contributed by atoms with van der Waals surface area (Å²) in [6, 6.07) is 13.6. The quantitative estimate of drug-likeness (QED) is 0.260. The lowest BCUT2D eigenvalue weighted by Gasteiger charge is -2.18. The van der Waals surface area contributed by atoms with Crippen LogP contribution in [0.4, 0.5) is 0 Å². The molecule has 2 aromatic rings. The second kappa shape index (κ2) is 15.3. The molecule has 0 radical (unpaired) electrons. The molecule has 2 aromatic carbocycles. The zero-order valence-corrected chi connectivity index (χ0v) is 25.3. The highest BCUT2D eigenvalue weighted by Crippen LogP contribution is 2.29. The van der Waals surface area contributed by atoms with E-state index in [9.17, 15) is 28.8 Å². The Kier molecular flexibility index (Phi) is 11.3. The summed E-state index contributed by atoms with van der Waals surface area (Å²) in [5.74, 6) is -0.975. The Bertz CT molecular complexity index is 1440. The lowest BCUT2D eigenvalue weighted by atomic mass is 9.83. The summed E-state index contributed by atoms with van der Waals surface area (Å²) in [5.41, 5.74) is 3.30. The van der Waals surface area contributed by atoms with E-state index in [2.05, 4.69) is 16.0 Å². The zero-order chi connectivity index (χ0) is 31.6. The predicted molar refractivity (Wildman–Crippen MR) is 167 cm³/mol. The van der Waals surface area contributed by atoms with Gasteiger partial charge in [0.25, 0.3) is 0 Å². The van der Waals surface area contributed by atoms with Crippen molar-refractivity contribution < 1.29 is 28.8 Å². The van der Waals surface area contributed by atoms with Crippen LogP contribution in [-0.4, -0.2) is 61.1 Å². The molecule has 0 fully saturated rings. The molecule has 2 amide bonds. The van der Waals surface area contributed by atoms with Crippen molar-refractivity contribution in [3.8, 4) is 0 Å². The minimum absolute atomic E-state index is 0.145. The second-order valence-electron chi connectivity index (χ2n) is 11.1. The molecule has 0 atom stereocenters.